The number of pyridine rings is 1. The minimum atomic E-state index is -0.109. The van der Waals surface area contributed by atoms with Crippen molar-refractivity contribution in [3.05, 3.63) is 72.4 Å². The highest BCUT2D eigenvalue weighted by Gasteiger charge is 2.23. The van der Waals surface area contributed by atoms with E-state index in [9.17, 15) is 4.79 Å². The van der Waals surface area contributed by atoms with E-state index in [0.29, 0.717) is 12.4 Å². The lowest BCUT2D eigenvalue weighted by Gasteiger charge is -2.29. The van der Waals surface area contributed by atoms with Crippen LogP contribution in [0, 0.1) is 0 Å². The maximum absolute atomic E-state index is 12.3. The average molecular weight is 375 g/mol. The number of hydrogen-bond donors (Lipinski definition) is 2. The summed E-state index contributed by atoms with van der Waals surface area (Å²) >= 11 is 0. The minimum absolute atomic E-state index is 0.109. The predicted octanol–water partition coefficient (Wildman–Crippen LogP) is 4.42. The number of fused-ring (bicyclic) bond motifs is 1. The summed E-state index contributed by atoms with van der Waals surface area (Å²) in [6.45, 7) is 0.519. The number of urea groups is 1. The SMILES string of the molecule is O=C(NCc1cccc2ccccc12)NC1CCC(Oc2ccccn2)CC1. The van der Waals surface area contributed by atoms with Gasteiger partial charge in [0.1, 0.15) is 6.10 Å². The van der Waals surface area contributed by atoms with Crippen LogP contribution in [0.15, 0.2) is 66.9 Å². The van der Waals surface area contributed by atoms with Crippen molar-refractivity contribution in [1.29, 1.82) is 0 Å². The first-order valence-corrected chi connectivity index (χ1v) is 9.86. The van der Waals surface area contributed by atoms with Crippen molar-refractivity contribution in [1.82, 2.24) is 15.6 Å². The average Bonchev–Trinajstić information content (AvgIpc) is 2.74. The molecule has 3 aromatic rings. The number of rotatable bonds is 5. The maximum atomic E-state index is 12.3. The fourth-order valence-electron chi connectivity index (χ4n) is 3.77. The topological polar surface area (TPSA) is 63.2 Å². The third-order valence-electron chi connectivity index (χ3n) is 5.25. The second-order valence-electron chi connectivity index (χ2n) is 7.22. The highest BCUT2D eigenvalue weighted by atomic mass is 16.5. The first kappa shape index (κ1) is 18.3. The van der Waals surface area contributed by atoms with E-state index in [4.69, 9.17) is 4.74 Å². The van der Waals surface area contributed by atoms with E-state index < -0.39 is 0 Å². The highest BCUT2D eigenvalue weighted by molar-refractivity contribution is 5.86. The van der Waals surface area contributed by atoms with Crippen LogP contribution in [0.2, 0.25) is 0 Å². The summed E-state index contributed by atoms with van der Waals surface area (Å²) in [6, 6.07) is 20.2. The van der Waals surface area contributed by atoms with Gasteiger partial charge in [0.15, 0.2) is 0 Å². The lowest BCUT2D eigenvalue weighted by Crippen LogP contribution is -2.44. The molecule has 0 bridgehead atoms. The van der Waals surface area contributed by atoms with Gasteiger partial charge >= 0.3 is 6.03 Å². The van der Waals surface area contributed by atoms with Gasteiger partial charge in [-0.3, -0.25) is 0 Å². The Hall–Kier alpha value is -3.08. The van der Waals surface area contributed by atoms with Gasteiger partial charge in [-0.2, -0.15) is 0 Å². The molecule has 5 nitrogen and oxygen atoms in total. The van der Waals surface area contributed by atoms with E-state index in [-0.39, 0.29) is 18.2 Å². The van der Waals surface area contributed by atoms with Gasteiger partial charge in [-0.15, -0.1) is 0 Å². The van der Waals surface area contributed by atoms with Crippen LogP contribution >= 0.6 is 0 Å². The molecule has 4 rings (SSSR count). The van der Waals surface area contributed by atoms with Gasteiger partial charge in [0, 0.05) is 24.8 Å². The maximum Gasteiger partial charge on any atom is 0.315 e. The summed E-state index contributed by atoms with van der Waals surface area (Å²) in [4.78, 5) is 16.5. The molecule has 1 fully saturated rings. The highest BCUT2D eigenvalue weighted by Crippen LogP contribution is 2.23. The molecule has 1 saturated carbocycles. The van der Waals surface area contributed by atoms with Gasteiger partial charge < -0.3 is 15.4 Å². The molecule has 1 aliphatic rings. The number of amides is 2. The van der Waals surface area contributed by atoms with Crippen molar-refractivity contribution in [2.24, 2.45) is 0 Å². The molecular formula is C23H25N3O2. The fourth-order valence-corrected chi connectivity index (χ4v) is 3.77. The van der Waals surface area contributed by atoms with Crippen molar-refractivity contribution < 1.29 is 9.53 Å². The van der Waals surface area contributed by atoms with Crippen LogP contribution in [0.25, 0.3) is 10.8 Å². The Balaban J connectivity index is 1.24. The largest absolute Gasteiger partial charge is 0.474 e. The normalized spacial score (nSPS) is 19.1. The van der Waals surface area contributed by atoms with Gasteiger partial charge in [0.25, 0.3) is 0 Å². The summed E-state index contributed by atoms with van der Waals surface area (Å²) in [5, 5.41) is 8.47. The Morgan fingerprint density at radius 3 is 2.57 bits per heavy atom. The van der Waals surface area contributed by atoms with Crippen LogP contribution in [0.3, 0.4) is 0 Å². The number of nitrogens with one attached hydrogen (secondary N) is 2. The molecule has 0 radical (unpaired) electrons. The molecule has 28 heavy (non-hydrogen) atoms. The van der Waals surface area contributed by atoms with E-state index in [0.717, 1.165) is 31.2 Å². The molecule has 2 N–H and O–H groups in total. The predicted molar refractivity (Wildman–Crippen MR) is 110 cm³/mol. The van der Waals surface area contributed by atoms with E-state index in [1.54, 1.807) is 6.20 Å². The smallest absolute Gasteiger partial charge is 0.315 e. The molecule has 1 aromatic heterocycles. The summed E-state index contributed by atoms with van der Waals surface area (Å²) in [6.07, 6.45) is 5.59. The molecule has 0 spiro atoms. The molecule has 0 atom stereocenters. The number of hydrogen-bond acceptors (Lipinski definition) is 3. The second kappa shape index (κ2) is 8.74. The van der Waals surface area contributed by atoms with Crippen molar-refractivity contribution in [3.63, 3.8) is 0 Å². The molecule has 2 aromatic carbocycles. The third kappa shape index (κ3) is 4.60. The van der Waals surface area contributed by atoms with Gasteiger partial charge in [-0.05, 0) is 48.1 Å². The molecule has 1 heterocycles. The Morgan fingerprint density at radius 2 is 1.75 bits per heavy atom. The van der Waals surface area contributed by atoms with Gasteiger partial charge in [0.05, 0.1) is 0 Å². The first-order valence-electron chi connectivity index (χ1n) is 9.86. The Labute approximate surface area is 165 Å². The molecule has 144 valence electrons. The van der Waals surface area contributed by atoms with Crippen molar-refractivity contribution in [3.8, 4) is 5.88 Å². The summed E-state index contributed by atoms with van der Waals surface area (Å²) in [7, 11) is 0. The number of benzene rings is 2. The van der Waals surface area contributed by atoms with E-state index >= 15 is 0 Å². The summed E-state index contributed by atoms with van der Waals surface area (Å²) in [5.74, 6) is 0.673. The lowest BCUT2D eigenvalue weighted by atomic mass is 9.93. The van der Waals surface area contributed by atoms with Crippen molar-refractivity contribution >= 4 is 16.8 Å². The summed E-state index contributed by atoms with van der Waals surface area (Å²) in [5.41, 5.74) is 1.13. The van der Waals surface area contributed by atoms with Crippen LogP contribution in [-0.4, -0.2) is 23.2 Å². The Kier molecular flexibility index (Phi) is 5.71. The fraction of sp³-hybridized carbons (Fsp3) is 0.304. The number of nitrogens with zero attached hydrogens (tertiary/aromatic N) is 1. The van der Waals surface area contributed by atoms with E-state index in [2.05, 4.69) is 39.9 Å². The monoisotopic (exact) mass is 375 g/mol. The molecule has 2 amide bonds. The molecule has 0 saturated heterocycles. The standard InChI is InChI=1S/C23H25N3O2/c27-23(25-16-18-8-5-7-17-6-1-2-9-21(17)18)26-19-11-13-20(14-12-19)28-22-10-3-4-15-24-22/h1-10,15,19-20H,11-14,16H2,(H2,25,26,27). The number of ether oxygens (including phenoxy) is 1. The number of carbonyl (C=O) groups excluding carboxylic acids is 1. The van der Waals surface area contributed by atoms with Crippen molar-refractivity contribution in [2.45, 2.75) is 44.4 Å². The van der Waals surface area contributed by atoms with Gasteiger partial charge in [-0.1, -0.05) is 48.5 Å². The zero-order chi connectivity index (χ0) is 19.2. The zero-order valence-electron chi connectivity index (χ0n) is 15.8. The first-order chi connectivity index (χ1) is 13.8. The number of aromatic nitrogens is 1. The quantitative estimate of drug-likeness (QED) is 0.694. The molecular weight excluding hydrogens is 350 g/mol. The molecule has 1 aliphatic carbocycles. The van der Waals surface area contributed by atoms with E-state index in [1.165, 1.54) is 10.8 Å². The lowest BCUT2D eigenvalue weighted by molar-refractivity contribution is 0.135. The van der Waals surface area contributed by atoms with Gasteiger partial charge in [0.2, 0.25) is 5.88 Å². The second-order valence-corrected chi connectivity index (χ2v) is 7.22. The van der Waals surface area contributed by atoms with Crippen LogP contribution in [0.1, 0.15) is 31.2 Å². The third-order valence-corrected chi connectivity index (χ3v) is 5.25. The van der Waals surface area contributed by atoms with Gasteiger partial charge in [-0.25, -0.2) is 9.78 Å². The van der Waals surface area contributed by atoms with Crippen LogP contribution in [-0.2, 0) is 6.54 Å². The van der Waals surface area contributed by atoms with Crippen LogP contribution in [0.4, 0.5) is 4.79 Å². The number of carbonyl (C=O) groups is 1. The van der Waals surface area contributed by atoms with Crippen LogP contribution < -0.4 is 15.4 Å². The summed E-state index contributed by atoms with van der Waals surface area (Å²) < 4.78 is 5.92. The Morgan fingerprint density at radius 1 is 0.964 bits per heavy atom. The van der Waals surface area contributed by atoms with Crippen LogP contribution in [0.5, 0.6) is 5.88 Å². The Bertz CT molecular complexity index is 916. The van der Waals surface area contributed by atoms with Crippen molar-refractivity contribution in [2.75, 3.05) is 0 Å². The van der Waals surface area contributed by atoms with E-state index in [1.807, 2.05) is 36.4 Å². The molecule has 0 aliphatic heterocycles. The minimum Gasteiger partial charge on any atom is -0.474 e. The zero-order valence-corrected chi connectivity index (χ0v) is 15.8. The molecule has 0 unspecified atom stereocenters. The molecule has 5 heteroatoms.